The summed E-state index contributed by atoms with van der Waals surface area (Å²) in [6.07, 6.45) is 1.46. The van der Waals surface area contributed by atoms with Crippen LogP contribution in [-0.4, -0.2) is 25.4 Å². The Bertz CT molecular complexity index is 983. The summed E-state index contributed by atoms with van der Waals surface area (Å²) in [4.78, 5) is 17.6. The molecule has 0 unspecified atom stereocenters. The van der Waals surface area contributed by atoms with Crippen molar-refractivity contribution in [1.29, 1.82) is 0 Å². The van der Waals surface area contributed by atoms with E-state index in [-0.39, 0.29) is 11.3 Å². The molecule has 0 saturated carbocycles. The number of phenolic OH excluding ortho intramolecular Hbond substituents is 1. The van der Waals surface area contributed by atoms with Crippen LogP contribution in [0.1, 0.15) is 18.7 Å². The molecular weight excluding hydrogens is 312 g/mol. The van der Waals surface area contributed by atoms with E-state index in [4.69, 9.17) is 0 Å². The van der Waals surface area contributed by atoms with Crippen LogP contribution in [0.2, 0.25) is 0 Å². The van der Waals surface area contributed by atoms with Gasteiger partial charge < -0.3 is 10.2 Å². The maximum absolute atomic E-state index is 12.6. The zero-order valence-electron chi connectivity index (χ0n) is 12.6. The molecule has 0 atom stereocenters. The molecule has 0 aliphatic carbocycles. The fourth-order valence-corrected chi connectivity index (χ4v) is 2.88. The lowest BCUT2D eigenvalue weighted by Gasteiger charge is -2.05. The third-order valence-electron chi connectivity index (χ3n) is 3.06. The van der Waals surface area contributed by atoms with Crippen molar-refractivity contribution in [2.45, 2.75) is 19.4 Å². The molecule has 0 saturated heterocycles. The molecule has 0 fully saturated rings. The number of thiophene rings is 1. The summed E-state index contributed by atoms with van der Waals surface area (Å²) in [5, 5.41) is 19.0. The number of fused-ring (bicyclic) bond motifs is 1. The molecule has 2 aromatic heterocycles. The molecule has 6 heteroatoms. The zero-order valence-corrected chi connectivity index (χ0v) is 13.4. The topological polar surface area (TPSA) is 75.3 Å². The maximum Gasteiger partial charge on any atom is 0.275 e. The van der Waals surface area contributed by atoms with E-state index < -0.39 is 5.60 Å². The predicted molar refractivity (Wildman–Crippen MR) is 90.1 cm³/mol. The molecule has 3 rings (SSSR count). The average molecular weight is 326 g/mol. The van der Waals surface area contributed by atoms with Crippen LogP contribution in [0.25, 0.3) is 15.9 Å². The van der Waals surface area contributed by atoms with Crippen molar-refractivity contribution in [2.75, 3.05) is 0 Å². The number of nitrogens with zero attached hydrogens (tertiary/aromatic N) is 2. The minimum absolute atomic E-state index is 0.135. The van der Waals surface area contributed by atoms with Gasteiger partial charge in [0.1, 0.15) is 22.4 Å². The van der Waals surface area contributed by atoms with E-state index in [2.05, 4.69) is 16.8 Å². The Hall–Kier alpha value is -2.62. The highest BCUT2D eigenvalue weighted by Crippen LogP contribution is 2.21. The first-order chi connectivity index (χ1) is 10.8. The van der Waals surface area contributed by atoms with Gasteiger partial charge in [0, 0.05) is 0 Å². The van der Waals surface area contributed by atoms with Gasteiger partial charge in [0.15, 0.2) is 0 Å². The molecule has 0 spiro atoms. The van der Waals surface area contributed by atoms with Gasteiger partial charge in [0.05, 0.1) is 16.1 Å². The monoisotopic (exact) mass is 326 g/mol. The van der Waals surface area contributed by atoms with Crippen molar-refractivity contribution in [3.05, 3.63) is 51.9 Å². The summed E-state index contributed by atoms with van der Waals surface area (Å²) in [5.74, 6) is 5.72. The van der Waals surface area contributed by atoms with Crippen LogP contribution in [0.15, 0.2) is 41.5 Å². The van der Waals surface area contributed by atoms with Crippen molar-refractivity contribution in [3.63, 3.8) is 0 Å². The zero-order chi connectivity index (χ0) is 16.6. The number of hydrogen-bond acceptors (Lipinski definition) is 5. The second kappa shape index (κ2) is 5.54. The van der Waals surface area contributed by atoms with Crippen molar-refractivity contribution >= 4 is 21.6 Å². The molecule has 0 bridgehead atoms. The van der Waals surface area contributed by atoms with E-state index >= 15 is 0 Å². The number of aromatic hydroxyl groups is 1. The average Bonchev–Trinajstić information content (AvgIpc) is 2.90. The third-order valence-corrected chi connectivity index (χ3v) is 4.08. The van der Waals surface area contributed by atoms with Gasteiger partial charge in [-0.2, -0.15) is 0 Å². The van der Waals surface area contributed by atoms with Crippen LogP contribution in [0.5, 0.6) is 5.75 Å². The first kappa shape index (κ1) is 15.3. The van der Waals surface area contributed by atoms with Crippen LogP contribution in [-0.2, 0) is 0 Å². The quantitative estimate of drug-likeness (QED) is 0.673. The summed E-state index contributed by atoms with van der Waals surface area (Å²) < 4.78 is 1.92. The summed E-state index contributed by atoms with van der Waals surface area (Å²) in [5.41, 5.74) is -0.0765. The number of phenols is 1. The number of hydrogen-bond donors (Lipinski definition) is 2. The number of rotatable bonds is 1. The van der Waals surface area contributed by atoms with E-state index in [0.29, 0.717) is 20.8 Å². The van der Waals surface area contributed by atoms with Gasteiger partial charge in [-0.05, 0) is 44.2 Å². The highest BCUT2D eigenvalue weighted by molar-refractivity contribution is 7.19. The largest absolute Gasteiger partial charge is 0.508 e. The first-order valence-corrected chi connectivity index (χ1v) is 7.71. The molecule has 0 aliphatic rings. The predicted octanol–water partition coefficient (Wildman–Crippen LogP) is 2.28. The van der Waals surface area contributed by atoms with Gasteiger partial charge in [-0.15, -0.1) is 11.3 Å². The van der Waals surface area contributed by atoms with Gasteiger partial charge in [-0.25, -0.2) is 4.98 Å². The minimum atomic E-state index is -1.09. The smallest absolute Gasteiger partial charge is 0.275 e. The molecule has 1 aromatic carbocycles. The number of aliphatic hydroxyl groups is 1. The van der Waals surface area contributed by atoms with Gasteiger partial charge in [0.2, 0.25) is 0 Å². The van der Waals surface area contributed by atoms with E-state index in [1.54, 1.807) is 32.0 Å². The number of benzene rings is 1. The number of aromatic nitrogens is 2. The molecule has 2 N–H and O–H groups in total. The van der Waals surface area contributed by atoms with E-state index in [1.807, 2.05) is 0 Å². The summed E-state index contributed by atoms with van der Waals surface area (Å²) in [7, 11) is 0. The lowest BCUT2D eigenvalue weighted by Crippen LogP contribution is -2.17. The van der Waals surface area contributed by atoms with Gasteiger partial charge >= 0.3 is 0 Å². The molecule has 3 aromatic rings. The normalized spacial score (nSPS) is 11.3. The molecule has 23 heavy (non-hydrogen) atoms. The summed E-state index contributed by atoms with van der Waals surface area (Å²) >= 11 is 1.25. The molecule has 116 valence electrons. The minimum Gasteiger partial charge on any atom is -0.508 e. The van der Waals surface area contributed by atoms with Gasteiger partial charge in [-0.3, -0.25) is 9.36 Å². The Morgan fingerprint density at radius 3 is 2.61 bits per heavy atom. The Labute approximate surface area is 136 Å². The maximum atomic E-state index is 12.6. The van der Waals surface area contributed by atoms with Crippen molar-refractivity contribution < 1.29 is 10.2 Å². The van der Waals surface area contributed by atoms with Crippen LogP contribution in [0, 0.1) is 11.8 Å². The molecule has 2 heterocycles. The van der Waals surface area contributed by atoms with Crippen molar-refractivity contribution in [2.24, 2.45) is 0 Å². The second-order valence-corrected chi connectivity index (χ2v) is 6.62. The van der Waals surface area contributed by atoms with Crippen LogP contribution in [0.3, 0.4) is 0 Å². The van der Waals surface area contributed by atoms with Crippen LogP contribution in [0.4, 0.5) is 0 Å². The second-order valence-electron chi connectivity index (χ2n) is 5.57. The van der Waals surface area contributed by atoms with E-state index in [9.17, 15) is 15.0 Å². The van der Waals surface area contributed by atoms with Crippen LogP contribution >= 0.6 is 11.3 Å². The first-order valence-electron chi connectivity index (χ1n) is 6.90. The summed E-state index contributed by atoms with van der Waals surface area (Å²) in [6.45, 7) is 3.20. The lowest BCUT2D eigenvalue weighted by molar-refractivity contribution is 0.143. The molecule has 5 nitrogen and oxygen atoms in total. The third kappa shape index (κ3) is 3.26. The highest BCUT2D eigenvalue weighted by Gasteiger charge is 2.11. The summed E-state index contributed by atoms with van der Waals surface area (Å²) in [6, 6.07) is 8.06. The molecular formula is C17H14N2O3S. The standard InChI is InChI=1S/C17H14N2O3S/c1-17(2,22)8-7-13-9-14-15(23-13)16(21)19(10-18-14)11-3-5-12(20)6-4-11/h3-6,9-10,20,22H,1-2H3. The van der Waals surface area contributed by atoms with Crippen LogP contribution < -0.4 is 5.56 Å². The Balaban J connectivity index is 2.10. The van der Waals surface area contributed by atoms with Gasteiger partial charge in [-0.1, -0.05) is 11.8 Å². The van der Waals surface area contributed by atoms with E-state index in [0.717, 1.165) is 0 Å². The van der Waals surface area contributed by atoms with Crippen molar-refractivity contribution in [3.8, 4) is 23.3 Å². The Morgan fingerprint density at radius 1 is 1.26 bits per heavy atom. The molecule has 0 aliphatic heterocycles. The van der Waals surface area contributed by atoms with Gasteiger partial charge in [0.25, 0.3) is 5.56 Å². The molecule has 0 amide bonds. The fourth-order valence-electron chi connectivity index (χ4n) is 1.99. The van der Waals surface area contributed by atoms with E-state index in [1.165, 1.54) is 34.4 Å². The molecule has 0 radical (unpaired) electrons. The van der Waals surface area contributed by atoms with Crippen molar-refractivity contribution in [1.82, 2.24) is 9.55 Å². The Morgan fingerprint density at radius 2 is 1.96 bits per heavy atom. The highest BCUT2D eigenvalue weighted by atomic mass is 32.1. The SMILES string of the molecule is CC(C)(O)C#Cc1cc2ncn(-c3ccc(O)cc3)c(=O)c2s1. The lowest BCUT2D eigenvalue weighted by atomic mass is 10.1. The Kier molecular flexibility index (Phi) is 3.68. The fraction of sp³-hybridized carbons (Fsp3) is 0.176.